The second kappa shape index (κ2) is 5.08. The van der Waals surface area contributed by atoms with E-state index in [1.54, 1.807) is 0 Å². The molecule has 0 saturated heterocycles. The summed E-state index contributed by atoms with van der Waals surface area (Å²) in [6, 6.07) is 2.77. The largest absolute Gasteiger partial charge is 0.358 e. The summed E-state index contributed by atoms with van der Waals surface area (Å²) in [4.78, 5) is 21.0. The van der Waals surface area contributed by atoms with Crippen LogP contribution in [0, 0.1) is 10.1 Å². The first-order valence-electron chi connectivity index (χ1n) is 4.27. The highest BCUT2D eigenvalue weighted by Crippen LogP contribution is 2.11. The molecule has 0 fully saturated rings. The molecule has 1 heterocycles. The van der Waals surface area contributed by atoms with Crippen LogP contribution in [0.3, 0.4) is 0 Å². The number of nitrogens with one attached hydrogen (secondary N) is 1. The molecule has 0 radical (unpaired) electrons. The summed E-state index contributed by atoms with van der Waals surface area (Å²) in [7, 11) is 0. The summed E-state index contributed by atoms with van der Waals surface area (Å²) in [5, 5.41) is 12.8. The Labute approximate surface area is 84.8 Å². The molecule has 0 unspecified atom stereocenters. The molecule has 1 aromatic rings. The summed E-state index contributed by atoms with van der Waals surface area (Å²) in [5.41, 5.74) is 0. The third-order valence-corrected chi connectivity index (χ3v) is 1.72. The molecule has 0 aliphatic carbocycles. The maximum absolute atomic E-state index is 11.7. The molecule has 7 heteroatoms. The number of hydrogen-bond donors (Lipinski definition) is 1. The van der Waals surface area contributed by atoms with Crippen LogP contribution in [-0.4, -0.2) is 28.6 Å². The maximum atomic E-state index is 11.7. The van der Waals surface area contributed by atoms with Gasteiger partial charge in [-0.25, -0.2) is 8.96 Å². The minimum Gasteiger partial charge on any atom is -0.358 e. The standard InChI is InChI=1S/C8H10FN3O3/c9-3-4-10-7(13)6-11-5-1-2-8(11)12(14)15/h1-2,5H,3-4,6H2,(H,10,13). The average Bonchev–Trinajstić information content (AvgIpc) is 2.62. The second-order valence-electron chi connectivity index (χ2n) is 2.79. The van der Waals surface area contributed by atoms with Gasteiger partial charge in [0.15, 0.2) is 6.54 Å². The van der Waals surface area contributed by atoms with Crippen molar-refractivity contribution in [3.05, 3.63) is 28.4 Å². The first kappa shape index (κ1) is 11.2. The highest BCUT2D eigenvalue weighted by atomic mass is 19.1. The molecule has 0 aliphatic rings. The highest BCUT2D eigenvalue weighted by molar-refractivity contribution is 5.76. The summed E-state index contributed by atoms with van der Waals surface area (Å²) in [6.45, 7) is -0.906. The van der Waals surface area contributed by atoms with Gasteiger partial charge in [0.2, 0.25) is 0 Å². The van der Waals surface area contributed by atoms with Gasteiger partial charge in [-0.15, -0.1) is 0 Å². The second-order valence-corrected chi connectivity index (χ2v) is 2.79. The Morgan fingerprint density at radius 1 is 1.67 bits per heavy atom. The third kappa shape index (κ3) is 3.04. The molecule has 15 heavy (non-hydrogen) atoms. The van der Waals surface area contributed by atoms with Crippen LogP contribution in [0.25, 0.3) is 0 Å². The zero-order chi connectivity index (χ0) is 11.3. The van der Waals surface area contributed by atoms with Crippen molar-refractivity contribution < 1.29 is 14.1 Å². The molecule has 6 nitrogen and oxygen atoms in total. The first-order chi connectivity index (χ1) is 7.15. The van der Waals surface area contributed by atoms with E-state index in [1.165, 1.54) is 22.9 Å². The van der Waals surface area contributed by atoms with Crippen LogP contribution in [-0.2, 0) is 11.3 Å². The fourth-order valence-electron chi connectivity index (χ4n) is 1.10. The molecule has 82 valence electrons. The first-order valence-corrected chi connectivity index (χ1v) is 4.27. The normalized spacial score (nSPS) is 9.93. The number of hydrogen-bond acceptors (Lipinski definition) is 3. The van der Waals surface area contributed by atoms with Gasteiger partial charge >= 0.3 is 5.82 Å². The quantitative estimate of drug-likeness (QED) is 0.573. The molecule has 0 saturated carbocycles. The number of halogens is 1. The molecule has 0 aliphatic heterocycles. The van der Waals surface area contributed by atoms with Crippen molar-refractivity contribution in [3.8, 4) is 0 Å². The van der Waals surface area contributed by atoms with E-state index < -0.39 is 17.5 Å². The van der Waals surface area contributed by atoms with E-state index in [-0.39, 0.29) is 18.9 Å². The van der Waals surface area contributed by atoms with Gasteiger partial charge in [0, 0.05) is 12.6 Å². The number of carbonyl (C=O) groups excluding carboxylic acids is 1. The third-order valence-electron chi connectivity index (χ3n) is 1.72. The number of amides is 1. The monoisotopic (exact) mass is 215 g/mol. The van der Waals surface area contributed by atoms with Crippen LogP contribution < -0.4 is 5.32 Å². The van der Waals surface area contributed by atoms with E-state index in [1.807, 2.05) is 0 Å². The van der Waals surface area contributed by atoms with E-state index in [9.17, 15) is 19.3 Å². The van der Waals surface area contributed by atoms with Crippen molar-refractivity contribution in [1.29, 1.82) is 0 Å². The van der Waals surface area contributed by atoms with Crippen LogP contribution in [0.1, 0.15) is 0 Å². The van der Waals surface area contributed by atoms with Crippen LogP contribution in [0.15, 0.2) is 18.3 Å². The molecule has 1 aromatic heterocycles. The molecule has 1 N–H and O–H groups in total. The van der Waals surface area contributed by atoms with Crippen LogP contribution >= 0.6 is 0 Å². The number of rotatable bonds is 5. The van der Waals surface area contributed by atoms with Crippen molar-refractivity contribution in [1.82, 2.24) is 9.88 Å². The van der Waals surface area contributed by atoms with Gasteiger partial charge in [-0.1, -0.05) is 0 Å². The molecule has 1 rings (SSSR count). The number of alkyl halides is 1. The molecular weight excluding hydrogens is 205 g/mol. The predicted molar refractivity (Wildman–Crippen MR) is 50.1 cm³/mol. The lowest BCUT2D eigenvalue weighted by Crippen LogP contribution is -2.29. The summed E-state index contributed by atoms with van der Waals surface area (Å²) >= 11 is 0. The van der Waals surface area contributed by atoms with E-state index in [2.05, 4.69) is 5.32 Å². The smallest absolute Gasteiger partial charge is 0.323 e. The van der Waals surface area contributed by atoms with E-state index >= 15 is 0 Å². The lowest BCUT2D eigenvalue weighted by Gasteiger charge is -2.02. The molecule has 0 atom stereocenters. The van der Waals surface area contributed by atoms with Crippen molar-refractivity contribution >= 4 is 11.7 Å². The minimum absolute atomic E-state index is 0.0755. The molecule has 0 spiro atoms. The Hall–Kier alpha value is -1.92. The van der Waals surface area contributed by atoms with Gasteiger partial charge < -0.3 is 15.4 Å². The zero-order valence-electron chi connectivity index (χ0n) is 7.85. The van der Waals surface area contributed by atoms with Crippen LogP contribution in [0.5, 0.6) is 0 Å². The maximum Gasteiger partial charge on any atom is 0.323 e. The molecule has 0 bridgehead atoms. The fraction of sp³-hybridized carbons (Fsp3) is 0.375. The van der Waals surface area contributed by atoms with E-state index in [4.69, 9.17) is 0 Å². The number of aromatic nitrogens is 1. The molecule has 1 amide bonds. The van der Waals surface area contributed by atoms with Gasteiger partial charge in [-0.2, -0.15) is 0 Å². The Morgan fingerprint density at radius 3 is 3.00 bits per heavy atom. The highest BCUT2D eigenvalue weighted by Gasteiger charge is 2.14. The van der Waals surface area contributed by atoms with Crippen molar-refractivity contribution in [2.24, 2.45) is 0 Å². The zero-order valence-corrected chi connectivity index (χ0v) is 7.85. The van der Waals surface area contributed by atoms with Gasteiger partial charge in [-0.05, 0) is 11.0 Å². The lowest BCUT2D eigenvalue weighted by atomic mass is 10.5. The van der Waals surface area contributed by atoms with Crippen molar-refractivity contribution in [3.63, 3.8) is 0 Å². The summed E-state index contributed by atoms with van der Waals surface area (Å²) in [5.74, 6) is -0.614. The van der Waals surface area contributed by atoms with Gasteiger partial charge in [0.25, 0.3) is 5.91 Å². The van der Waals surface area contributed by atoms with Crippen molar-refractivity contribution in [2.75, 3.05) is 13.2 Å². The number of nitro groups is 1. The van der Waals surface area contributed by atoms with Crippen LogP contribution in [0.2, 0.25) is 0 Å². The summed E-state index contributed by atoms with van der Waals surface area (Å²) in [6.07, 6.45) is 1.42. The Kier molecular flexibility index (Phi) is 3.78. The van der Waals surface area contributed by atoms with Gasteiger partial charge in [0.1, 0.15) is 6.67 Å². The number of carbonyl (C=O) groups is 1. The summed E-state index contributed by atoms with van der Waals surface area (Å²) < 4.78 is 12.9. The topological polar surface area (TPSA) is 77.2 Å². The average molecular weight is 215 g/mol. The Balaban J connectivity index is 2.60. The van der Waals surface area contributed by atoms with Gasteiger partial charge in [0.05, 0.1) is 6.20 Å². The van der Waals surface area contributed by atoms with E-state index in [0.29, 0.717) is 0 Å². The Bertz CT molecular complexity index is 364. The minimum atomic E-state index is -0.653. The lowest BCUT2D eigenvalue weighted by molar-refractivity contribution is -0.391. The molecular formula is C8H10FN3O3. The fourth-order valence-corrected chi connectivity index (χ4v) is 1.10. The van der Waals surface area contributed by atoms with Gasteiger partial charge in [-0.3, -0.25) is 4.79 Å². The van der Waals surface area contributed by atoms with Crippen molar-refractivity contribution in [2.45, 2.75) is 6.54 Å². The van der Waals surface area contributed by atoms with Crippen LogP contribution in [0.4, 0.5) is 10.2 Å². The Morgan fingerprint density at radius 2 is 2.40 bits per heavy atom. The predicted octanol–water partition coefficient (Wildman–Crippen LogP) is 0.482. The van der Waals surface area contributed by atoms with E-state index in [0.717, 1.165) is 0 Å². The number of nitrogens with zero attached hydrogens (tertiary/aromatic N) is 2. The molecule has 0 aromatic carbocycles. The SMILES string of the molecule is O=C(Cn1cccc1[N+](=O)[O-])NCCF.